The Morgan fingerprint density at radius 3 is 1.94 bits per heavy atom. The van der Waals surface area contributed by atoms with Crippen LogP contribution in [0.2, 0.25) is 0 Å². The first kappa shape index (κ1) is 14.8. The summed E-state index contributed by atoms with van der Waals surface area (Å²) in [5.41, 5.74) is -1.64. The highest BCUT2D eigenvalue weighted by Gasteiger charge is 2.30. The summed E-state index contributed by atoms with van der Waals surface area (Å²) in [4.78, 5) is 0. The molecule has 0 aliphatic heterocycles. The maximum absolute atomic E-state index is 12.3. The van der Waals surface area contributed by atoms with E-state index in [0.29, 0.717) is 18.6 Å². The molecule has 0 heterocycles. The quantitative estimate of drug-likeness (QED) is 0.878. The zero-order valence-electron chi connectivity index (χ0n) is 10.4. The fourth-order valence-corrected chi connectivity index (χ4v) is 1.41. The number of ether oxygens (including phenoxy) is 1. The van der Waals surface area contributed by atoms with Crippen LogP contribution >= 0.6 is 0 Å². The standard InChI is InChI=1S/C13H17F3O2/c1-3-12(17,4-2)9-18-11-7-5-10(6-8-11)13(14,15)16/h5-8,17H,3-4,9H2,1-2H3. The van der Waals surface area contributed by atoms with Crippen LogP contribution in [0.1, 0.15) is 32.3 Å². The van der Waals surface area contributed by atoms with E-state index < -0.39 is 17.3 Å². The van der Waals surface area contributed by atoms with Gasteiger partial charge in [0, 0.05) is 0 Å². The Hall–Kier alpha value is -1.23. The van der Waals surface area contributed by atoms with Gasteiger partial charge in [-0.25, -0.2) is 0 Å². The molecule has 0 aromatic heterocycles. The van der Waals surface area contributed by atoms with Gasteiger partial charge in [0.1, 0.15) is 12.4 Å². The maximum Gasteiger partial charge on any atom is 0.416 e. The summed E-state index contributed by atoms with van der Waals surface area (Å²) in [6.07, 6.45) is -3.28. The molecule has 2 nitrogen and oxygen atoms in total. The van der Waals surface area contributed by atoms with Crippen LogP contribution in [0.25, 0.3) is 0 Å². The van der Waals surface area contributed by atoms with Gasteiger partial charge in [-0.1, -0.05) is 13.8 Å². The predicted molar refractivity (Wildman–Crippen MR) is 62.5 cm³/mol. The van der Waals surface area contributed by atoms with Crippen molar-refractivity contribution in [2.45, 2.75) is 38.5 Å². The number of aliphatic hydroxyl groups is 1. The fourth-order valence-electron chi connectivity index (χ4n) is 1.41. The molecule has 0 spiro atoms. The van der Waals surface area contributed by atoms with Crippen molar-refractivity contribution in [3.8, 4) is 5.75 Å². The Morgan fingerprint density at radius 2 is 1.56 bits per heavy atom. The lowest BCUT2D eigenvalue weighted by atomic mass is 9.99. The second-order valence-electron chi connectivity index (χ2n) is 4.24. The van der Waals surface area contributed by atoms with Crippen molar-refractivity contribution in [2.75, 3.05) is 6.61 Å². The van der Waals surface area contributed by atoms with Gasteiger partial charge in [0.2, 0.25) is 0 Å². The smallest absolute Gasteiger partial charge is 0.416 e. The zero-order valence-corrected chi connectivity index (χ0v) is 10.4. The van der Waals surface area contributed by atoms with E-state index in [0.717, 1.165) is 12.1 Å². The minimum absolute atomic E-state index is 0.0748. The highest BCUT2D eigenvalue weighted by atomic mass is 19.4. The summed E-state index contributed by atoms with van der Waals surface area (Å²) in [6, 6.07) is 4.45. The van der Waals surface area contributed by atoms with Gasteiger partial charge in [-0.2, -0.15) is 13.2 Å². The lowest BCUT2D eigenvalue weighted by Gasteiger charge is -2.25. The molecule has 0 fully saturated rings. The molecule has 0 unspecified atom stereocenters. The Balaban J connectivity index is 2.65. The van der Waals surface area contributed by atoms with E-state index in [4.69, 9.17) is 4.74 Å². The van der Waals surface area contributed by atoms with Crippen molar-refractivity contribution in [3.63, 3.8) is 0 Å². The minimum atomic E-state index is -4.34. The zero-order chi connectivity index (χ0) is 13.8. The van der Waals surface area contributed by atoms with E-state index in [1.54, 1.807) is 0 Å². The molecular weight excluding hydrogens is 245 g/mol. The van der Waals surface area contributed by atoms with E-state index in [1.807, 2.05) is 13.8 Å². The first-order chi connectivity index (χ1) is 8.30. The molecule has 1 aromatic carbocycles. The summed E-state index contributed by atoms with van der Waals surface area (Å²) in [5.74, 6) is 0.323. The van der Waals surface area contributed by atoms with Crippen LogP contribution in [0.4, 0.5) is 13.2 Å². The van der Waals surface area contributed by atoms with Crippen LogP contribution in [-0.2, 0) is 6.18 Å². The molecule has 1 rings (SSSR count). The largest absolute Gasteiger partial charge is 0.491 e. The normalized spacial score (nSPS) is 12.6. The number of hydrogen-bond donors (Lipinski definition) is 1. The second kappa shape index (κ2) is 5.61. The van der Waals surface area contributed by atoms with E-state index in [1.165, 1.54) is 12.1 Å². The summed E-state index contributed by atoms with van der Waals surface area (Å²) in [6.45, 7) is 3.74. The number of alkyl halides is 3. The molecular formula is C13H17F3O2. The summed E-state index contributed by atoms with van der Waals surface area (Å²) in [5, 5.41) is 9.97. The Kier molecular flexibility index (Phi) is 4.62. The van der Waals surface area contributed by atoms with Gasteiger partial charge >= 0.3 is 6.18 Å². The number of hydrogen-bond acceptors (Lipinski definition) is 2. The molecule has 1 N–H and O–H groups in total. The van der Waals surface area contributed by atoms with Crippen molar-refractivity contribution < 1.29 is 23.0 Å². The van der Waals surface area contributed by atoms with Gasteiger partial charge in [0.25, 0.3) is 0 Å². The lowest BCUT2D eigenvalue weighted by Crippen LogP contribution is -2.34. The Labute approximate surface area is 104 Å². The van der Waals surface area contributed by atoms with E-state index in [2.05, 4.69) is 0 Å². The fraction of sp³-hybridized carbons (Fsp3) is 0.538. The van der Waals surface area contributed by atoms with E-state index >= 15 is 0 Å². The van der Waals surface area contributed by atoms with Crippen molar-refractivity contribution in [3.05, 3.63) is 29.8 Å². The van der Waals surface area contributed by atoms with Crippen molar-refractivity contribution >= 4 is 0 Å². The molecule has 0 atom stereocenters. The molecule has 102 valence electrons. The van der Waals surface area contributed by atoms with Gasteiger partial charge < -0.3 is 9.84 Å². The van der Waals surface area contributed by atoms with Gasteiger partial charge in [-0.3, -0.25) is 0 Å². The summed E-state index contributed by atoms with van der Waals surface area (Å²) in [7, 11) is 0. The van der Waals surface area contributed by atoms with Crippen LogP contribution in [0.3, 0.4) is 0 Å². The van der Waals surface area contributed by atoms with Gasteiger partial charge in [-0.05, 0) is 37.1 Å². The second-order valence-corrected chi connectivity index (χ2v) is 4.24. The van der Waals surface area contributed by atoms with Crippen LogP contribution in [0.15, 0.2) is 24.3 Å². The molecule has 0 amide bonds. The van der Waals surface area contributed by atoms with Crippen LogP contribution in [0.5, 0.6) is 5.75 Å². The molecule has 0 saturated carbocycles. The first-order valence-electron chi connectivity index (χ1n) is 5.83. The Morgan fingerprint density at radius 1 is 1.06 bits per heavy atom. The third kappa shape index (κ3) is 3.91. The van der Waals surface area contributed by atoms with Gasteiger partial charge in [-0.15, -0.1) is 0 Å². The average Bonchev–Trinajstić information content (AvgIpc) is 2.35. The average molecular weight is 262 g/mol. The molecule has 0 aliphatic carbocycles. The topological polar surface area (TPSA) is 29.5 Å². The van der Waals surface area contributed by atoms with E-state index in [9.17, 15) is 18.3 Å². The third-order valence-electron chi connectivity index (χ3n) is 3.01. The Bertz CT molecular complexity index is 367. The predicted octanol–water partition coefficient (Wildman–Crippen LogP) is 3.64. The number of rotatable bonds is 5. The maximum atomic E-state index is 12.3. The highest BCUT2D eigenvalue weighted by Crippen LogP contribution is 2.30. The van der Waals surface area contributed by atoms with E-state index in [-0.39, 0.29) is 6.61 Å². The molecule has 0 bridgehead atoms. The van der Waals surface area contributed by atoms with Crippen molar-refractivity contribution in [1.29, 1.82) is 0 Å². The van der Waals surface area contributed by atoms with Crippen molar-refractivity contribution in [2.24, 2.45) is 0 Å². The van der Waals surface area contributed by atoms with Crippen LogP contribution < -0.4 is 4.74 Å². The number of halogens is 3. The molecule has 5 heteroatoms. The SMILES string of the molecule is CCC(O)(CC)COc1ccc(C(F)(F)F)cc1. The van der Waals surface area contributed by atoms with Crippen molar-refractivity contribution in [1.82, 2.24) is 0 Å². The van der Waals surface area contributed by atoms with Gasteiger partial charge in [0.15, 0.2) is 0 Å². The molecule has 0 aliphatic rings. The monoisotopic (exact) mass is 262 g/mol. The van der Waals surface area contributed by atoms with Crippen LogP contribution in [0, 0.1) is 0 Å². The summed E-state index contributed by atoms with van der Waals surface area (Å²) >= 11 is 0. The molecule has 18 heavy (non-hydrogen) atoms. The molecule has 1 aromatic rings. The molecule has 0 saturated heterocycles. The third-order valence-corrected chi connectivity index (χ3v) is 3.01. The van der Waals surface area contributed by atoms with Crippen LogP contribution in [-0.4, -0.2) is 17.3 Å². The van der Waals surface area contributed by atoms with Gasteiger partial charge in [0.05, 0.1) is 11.2 Å². The molecule has 0 radical (unpaired) electrons. The highest BCUT2D eigenvalue weighted by molar-refractivity contribution is 5.28. The first-order valence-corrected chi connectivity index (χ1v) is 5.83. The lowest BCUT2D eigenvalue weighted by molar-refractivity contribution is -0.137. The number of benzene rings is 1. The minimum Gasteiger partial charge on any atom is -0.491 e. The summed E-state index contributed by atoms with van der Waals surface area (Å²) < 4.78 is 42.3.